The number of nitrogens with zero attached hydrogens (tertiary/aromatic N) is 2. The first-order valence-corrected chi connectivity index (χ1v) is 11.5. The summed E-state index contributed by atoms with van der Waals surface area (Å²) in [5.41, 5.74) is 4.99. The van der Waals surface area contributed by atoms with Crippen LogP contribution in [0.2, 0.25) is 0 Å². The maximum absolute atomic E-state index is 14.0. The molecule has 1 saturated heterocycles. The predicted octanol–water partition coefficient (Wildman–Crippen LogP) is 5.73. The van der Waals surface area contributed by atoms with E-state index in [2.05, 4.69) is 57.0 Å². The monoisotopic (exact) mass is 449 g/mol. The number of imide groups is 1. The van der Waals surface area contributed by atoms with Gasteiger partial charge in [0.2, 0.25) is 0 Å². The van der Waals surface area contributed by atoms with Crippen LogP contribution in [0.1, 0.15) is 69.2 Å². The van der Waals surface area contributed by atoms with Gasteiger partial charge >= 0.3 is 6.03 Å². The Morgan fingerprint density at radius 1 is 1.21 bits per heavy atom. The van der Waals surface area contributed by atoms with Gasteiger partial charge in [-0.15, -0.1) is 0 Å². The van der Waals surface area contributed by atoms with E-state index in [-0.39, 0.29) is 17.8 Å². The van der Waals surface area contributed by atoms with Crippen molar-refractivity contribution < 1.29 is 14.0 Å². The largest absolute Gasteiger partial charge is 0.364 e. The van der Waals surface area contributed by atoms with Crippen molar-refractivity contribution in [3.05, 3.63) is 70.2 Å². The SMILES string of the molecule is Cc1cc2c(cc1/C=C1\NC(=O)N(Cc3ccccc3F)C1=O)[C@@H](C)CC(C)(C)N2C(C)C. The summed E-state index contributed by atoms with van der Waals surface area (Å²) in [4.78, 5) is 29.0. The van der Waals surface area contributed by atoms with E-state index in [9.17, 15) is 14.0 Å². The summed E-state index contributed by atoms with van der Waals surface area (Å²) in [6.45, 7) is 13.2. The number of halogens is 1. The molecule has 3 amide bonds. The molecule has 1 N–H and O–H groups in total. The van der Waals surface area contributed by atoms with Gasteiger partial charge < -0.3 is 10.2 Å². The molecule has 2 aromatic carbocycles. The molecule has 0 spiro atoms. The second-order valence-corrected chi connectivity index (χ2v) is 10.1. The normalized spacial score (nSPS) is 21.1. The lowest BCUT2D eigenvalue weighted by Crippen LogP contribution is -2.51. The lowest BCUT2D eigenvalue weighted by atomic mass is 9.78. The lowest BCUT2D eigenvalue weighted by Gasteiger charge is -2.50. The molecular formula is C27H32FN3O2. The second kappa shape index (κ2) is 8.32. The maximum Gasteiger partial charge on any atom is 0.329 e. The van der Waals surface area contributed by atoms with Crippen LogP contribution in [0, 0.1) is 12.7 Å². The molecule has 2 heterocycles. The number of nitrogens with one attached hydrogen (secondary N) is 1. The van der Waals surface area contributed by atoms with Crippen LogP contribution in [0.25, 0.3) is 6.08 Å². The molecule has 5 nitrogen and oxygen atoms in total. The number of rotatable bonds is 4. The zero-order chi connectivity index (χ0) is 24.1. The lowest BCUT2D eigenvalue weighted by molar-refractivity contribution is -0.123. The number of amides is 3. The van der Waals surface area contributed by atoms with E-state index in [0.29, 0.717) is 17.5 Å². The molecule has 0 aliphatic carbocycles. The number of carbonyl (C=O) groups excluding carboxylic acids is 2. The third kappa shape index (κ3) is 4.14. The summed E-state index contributed by atoms with van der Waals surface area (Å²) in [6.07, 6.45) is 2.77. The van der Waals surface area contributed by atoms with E-state index in [1.165, 1.54) is 17.3 Å². The molecule has 2 aliphatic rings. The number of hydrogen-bond acceptors (Lipinski definition) is 3. The molecule has 2 aliphatic heterocycles. The van der Waals surface area contributed by atoms with Crippen molar-refractivity contribution in [1.82, 2.24) is 10.2 Å². The minimum Gasteiger partial charge on any atom is -0.364 e. The summed E-state index contributed by atoms with van der Waals surface area (Å²) in [7, 11) is 0. The molecule has 0 radical (unpaired) electrons. The smallest absolute Gasteiger partial charge is 0.329 e. The van der Waals surface area contributed by atoms with Gasteiger partial charge in [0.25, 0.3) is 5.91 Å². The quantitative estimate of drug-likeness (QED) is 0.479. The Morgan fingerprint density at radius 2 is 1.91 bits per heavy atom. The minimum absolute atomic E-state index is 0.0512. The zero-order valence-corrected chi connectivity index (χ0v) is 20.2. The summed E-state index contributed by atoms with van der Waals surface area (Å²) in [5, 5.41) is 2.67. The highest BCUT2D eigenvalue weighted by Crippen LogP contribution is 2.45. The molecular weight excluding hydrogens is 417 g/mol. The van der Waals surface area contributed by atoms with E-state index in [1.54, 1.807) is 24.3 Å². The van der Waals surface area contributed by atoms with Gasteiger partial charge in [0.15, 0.2) is 0 Å². The Morgan fingerprint density at radius 3 is 2.58 bits per heavy atom. The van der Waals surface area contributed by atoms with E-state index in [4.69, 9.17) is 0 Å². The average Bonchev–Trinajstić information content (AvgIpc) is 2.97. The molecule has 33 heavy (non-hydrogen) atoms. The number of aryl methyl sites for hydroxylation is 1. The van der Waals surface area contributed by atoms with Crippen LogP contribution in [0.5, 0.6) is 0 Å². The van der Waals surface area contributed by atoms with Gasteiger partial charge in [0, 0.05) is 22.8 Å². The molecule has 0 bridgehead atoms. The van der Waals surface area contributed by atoms with Crippen LogP contribution in [0.15, 0.2) is 42.1 Å². The number of urea groups is 1. The Bertz CT molecular complexity index is 1150. The third-order valence-electron chi connectivity index (χ3n) is 6.73. The molecule has 0 unspecified atom stereocenters. The molecule has 4 rings (SSSR count). The summed E-state index contributed by atoms with van der Waals surface area (Å²) < 4.78 is 14.0. The molecule has 0 saturated carbocycles. The van der Waals surface area contributed by atoms with E-state index in [0.717, 1.165) is 22.4 Å². The van der Waals surface area contributed by atoms with Crippen molar-refractivity contribution >= 4 is 23.7 Å². The fourth-order valence-corrected chi connectivity index (χ4v) is 5.41. The highest BCUT2D eigenvalue weighted by atomic mass is 19.1. The standard InChI is InChI=1S/C27H32FN3O2/c1-16(2)31-24-11-17(3)20(12-21(24)18(4)14-27(31,5)6)13-23-25(32)30(26(33)29-23)15-19-9-7-8-10-22(19)28/h7-13,16,18H,14-15H2,1-6H3,(H,29,33)/b23-13-/t18-/m0/s1. The fourth-order valence-electron chi connectivity index (χ4n) is 5.41. The van der Waals surface area contributed by atoms with Crippen molar-refractivity contribution in [3.63, 3.8) is 0 Å². The van der Waals surface area contributed by atoms with Crippen molar-refractivity contribution in [2.75, 3.05) is 4.90 Å². The van der Waals surface area contributed by atoms with Crippen LogP contribution >= 0.6 is 0 Å². The van der Waals surface area contributed by atoms with Gasteiger partial charge in [0.1, 0.15) is 11.5 Å². The van der Waals surface area contributed by atoms with Crippen LogP contribution in [-0.4, -0.2) is 28.4 Å². The number of benzene rings is 2. The molecule has 0 aromatic heterocycles. The molecule has 6 heteroatoms. The summed E-state index contributed by atoms with van der Waals surface area (Å²) in [6, 6.07) is 10.3. The number of hydrogen-bond donors (Lipinski definition) is 1. The van der Waals surface area contributed by atoms with Crippen molar-refractivity contribution in [2.24, 2.45) is 0 Å². The Hall–Kier alpha value is -3.15. The van der Waals surface area contributed by atoms with Crippen LogP contribution < -0.4 is 10.2 Å². The first-order valence-electron chi connectivity index (χ1n) is 11.5. The van der Waals surface area contributed by atoms with Gasteiger partial charge in [-0.25, -0.2) is 9.18 Å². The average molecular weight is 450 g/mol. The van der Waals surface area contributed by atoms with Gasteiger partial charge in [0.05, 0.1) is 6.54 Å². The van der Waals surface area contributed by atoms with E-state index < -0.39 is 17.8 Å². The Kier molecular flexibility index (Phi) is 5.81. The molecule has 1 fully saturated rings. The molecule has 2 aromatic rings. The maximum atomic E-state index is 14.0. The third-order valence-corrected chi connectivity index (χ3v) is 6.73. The predicted molar refractivity (Wildman–Crippen MR) is 129 cm³/mol. The van der Waals surface area contributed by atoms with Crippen molar-refractivity contribution in [3.8, 4) is 0 Å². The number of fused-ring (bicyclic) bond motifs is 1. The fraction of sp³-hybridized carbons (Fsp3) is 0.407. The highest BCUT2D eigenvalue weighted by Gasteiger charge is 2.38. The molecule has 174 valence electrons. The number of anilines is 1. The van der Waals surface area contributed by atoms with Crippen LogP contribution in [0.3, 0.4) is 0 Å². The zero-order valence-electron chi connectivity index (χ0n) is 20.2. The van der Waals surface area contributed by atoms with Crippen LogP contribution in [-0.2, 0) is 11.3 Å². The molecule has 1 atom stereocenters. The van der Waals surface area contributed by atoms with Crippen molar-refractivity contribution in [2.45, 2.75) is 72.0 Å². The summed E-state index contributed by atoms with van der Waals surface area (Å²) >= 11 is 0. The van der Waals surface area contributed by atoms with Gasteiger partial charge in [-0.2, -0.15) is 0 Å². The van der Waals surface area contributed by atoms with Gasteiger partial charge in [-0.3, -0.25) is 9.69 Å². The Balaban J connectivity index is 1.68. The second-order valence-electron chi connectivity index (χ2n) is 10.1. The first kappa shape index (κ1) is 23.0. The van der Waals surface area contributed by atoms with E-state index in [1.807, 2.05) is 6.92 Å². The van der Waals surface area contributed by atoms with Crippen molar-refractivity contribution in [1.29, 1.82) is 0 Å². The van der Waals surface area contributed by atoms with Gasteiger partial charge in [-0.05, 0) is 87.9 Å². The topological polar surface area (TPSA) is 52.7 Å². The Labute approximate surface area is 195 Å². The van der Waals surface area contributed by atoms with Crippen LogP contribution in [0.4, 0.5) is 14.9 Å². The van der Waals surface area contributed by atoms with E-state index >= 15 is 0 Å². The highest BCUT2D eigenvalue weighted by molar-refractivity contribution is 6.14. The van der Waals surface area contributed by atoms with Gasteiger partial charge in [-0.1, -0.05) is 25.1 Å². The first-order chi connectivity index (χ1) is 15.5. The summed E-state index contributed by atoms with van der Waals surface area (Å²) in [5.74, 6) is -0.514. The minimum atomic E-state index is -0.536. The number of carbonyl (C=O) groups is 2.